The Bertz CT molecular complexity index is 868. The normalized spacial score (nSPS) is 10.4. The number of aromatic nitrogens is 1. The summed E-state index contributed by atoms with van der Waals surface area (Å²) in [6.45, 7) is 0.321. The van der Waals surface area contributed by atoms with Gasteiger partial charge in [0.15, 0.2) is 0 Å². The fourth-order valence-electron chi connectivity index (χ4n) is 2.34. The lowest BCUT2D eigenvalue weighted by Gasteiger charge is -2.08. The fraction of sp³-hybridized carbons (Fsp3) is 0.0556. The Morgan fingerprint density at radius 2 is 1.74 bits per heavy atom. The van der Waals surface area contributed by atoms with Gasteiger partial charge in [-0.15, -0.1) is 0 Å². The first-order chi connectivity index (χ1) is 11.1. The number of carbonyl (C=O) groups is 2. The smallest absolute Gasteiger partial charge is 0.335 e. The zero-order valence-electron chi connectivity index (χ0n) is 12.2. The average molecular weight is 306 g/mol. The summed E-state index contributed by atoms with van der Waals surface area (Å²) in [7, 11) is 0. The summed E-state index contributed by atoms with van der Waals surface area (Å²) >= 11 is 0. The molecule has 0 fully saturated rings. The zero-order chi connectivity index (χ0) is 16.2. The van der Waals surface area contributed by atoms with Crippen molar-refractivity contribution < 1.29 is 14.7 Å². The molecule has 2 N–H and O–H groups in total. The number of carbonyl (C=O) groups excluding carboxylic acids is 1. The quantitative estimate of drug-likeness (QED) is 0.777. The van der Waals surface area contributed by atoms with Crippen LogP contribution in [0.15, 0.2) is 60.9 Å². The second-order valence-electron chi connectivity index (χ2n) is 5.09. The van der Waals surface area contributed by atoms with Gasteiger partial charge in [-0.25, -0.2) is 4.79 Å². The Morgan fingerprint density at radius 3 is 2.48 bits per heavy atom. The van der Waals surface area contributed by atoms with Gasteiger partial charge in [-0.1, -0.05) is 36.4 Å². The van der Waals surface area contributed by atoms with Gasteiger partial charge in [0, 0.05) is 24.3 Å². The third-order valence-corrected chi connectivity index (χ3v) is 3.57. The van der Waals surface area contributed by atoms with Crippen molar-refractivity contribution in [1.29, 1.82) is 0 Å². The predicted molar refractivity (Wildman–Crippen MR) is 86.3 cm³/mol. The van der Waals surface area contributed by atoms with Gasteiger partial charge in [-0.05, 0) is 23.1 Å². The summed E-state index contributed by atoms with van der Waals surface area (Å²) in [6.07, 6.45) is 3.27. The van der Waals surface area contributed by atoms with E-state index in [2.05, 4.69) is 10.3 Å². The van der Waals surface area contributed by atoms with Crippen LogP contribution >= 0.6 is 0 Å². The van der Waals surface area contributed by atoms with E-state index in [1.165, 1.54) is 12.1 Å². The summed E-state index contributed by atoms with van der Waals surface area (Å²) in [5.41, 5.74) is 1.57. The van der Waals surface area contributed by atoms with Gasteiger partial charge >= 0.3 is 5.97 Å². The monoisotopic (exact) mass is 306 g/mol. The Kier molecular flexibility index (Phi) is 4.01. The lowest BCUT2D eigenvalue weighted by molar-refractivity contribution is 0.0696. The number of nitrogens with zero attached hydrogens (tertiary/aromatic N) is 1. The minimum Gasteiger partial charge on any atom is -0.478 e. The molecule has 0 aliphatic heterocycles. The molecule has 5 heteroatoms. The molecule has 0 aliphatic rings. The Balaban J connectivity index is 1.75. The van der Waals surface area contributed by atoms with Crippen LogP contribution in [0.5, 0.6) is 0 Å². The highest BCUT2D eigenvalue weighted by Crippen LogP contribution is 2.17. The Labute approximate surface area is 132 Å². The highest BCUT2D eigenvalue weighted by molar-refractivity contribution is 6.06. The molecule has 0 spiro atoms. The maximum absolute atomic E-state index is 12.4. The van der Waals surface area contributed by atoms with Gasteiger partial charge in [0.2, 0.25) is 0 Å². The van der Waals surface area contributed by atoms with E-state index in [1.54, 1.807) is 24.5 Å². The number of carboxylic acid groups (broad SMARTS) is 1. The fourth-order valence-corrected chi connectivity index (χ4v) is 2.34. The van der Waals surface area contributed by atoms with E-state index in [-0.39, 0.29) is 11.5 Å². The van der Waals surface area contributed by atoms with Crippen molar-refractivity contribution in [3.63, 3.8) is 0 Å². The Hall–Kier alpha value is -3.21. The molecule has 0 atom stereocenters. The van der Waals surface area contributed by atoms with E-state index in [4.69, 9.17) is 5.11 Å². The van der Waals surface area contributed by atoms with Crippen LogP contribution in [-0.2, 0) is 6.54 Å². The van der Waals surface area contributed by atoms with Crippen LogP contribution in [0.2, 0.25) is 0 Å². The van der Waals surface area contributed by atoms with E-state index in [0.29, 0.717) is 12.1 Å². The summed E-state index contributed by atoms with van der Waals surface area (Å²) in [5.74, 6) is -1.18. The molecule has 1 amide bonds. The van der Waals surface area contributed by atoms with Crippen molar-refractivity contribution in [2.75, 3.05) is 0 Å². The van der Waals surface area contributed by atoms with Crippen molar-refractivity contribution in [1.82, 2.24) is 10.3 Å². The molecule has 0 saturated heterocycles. The van der Waals surface area contributed by atoms with Gasteiger partial charge in [0.25, 0.3) is 5.91 Å². The Morgan fingerprint density at radius 1 is 1.00 bits per heavy atom. The zero-order valence-corrected chi connectivity index (χ0v) is 12.2. The molecule has 114 valence electrons. The third kappa shape index (κ3) is 3.18. The number of fused-ring (bicyclic) bond motifs is 1. The second kappa shape index (κ2) is 6.27. The maximum Gasteiger partial charge on any atom is 0.335 e. The first kappa shape index (κ1) is 14.7. The summed E-state index contributed by atoms with van der Waals surface area (Å²) in [4.78, 5) is 27.3. The number of amides is 1. The van der Waals surface area contributed by atoms with Gasteiger partial charge < -0.3 is 10.4 Å². The van der Waals surface area contributed by atoms with E-state index in [1.807, 2.05) is 24.3 Å². The number of hydrogen-bond donors (Lipinski definition) is 2. The first-order valence-electron chi connectivity index (χ1n) is 7.08. The molecule has 5 nitrogen and oxygen atoms in total. The highest BCUT2D eigenvalue weighted by atomic mass is 16.4. The van der Waals surface area contributed by atoms with Crippen LogP contribution in [0.1, 0.15) is 26.3 Å². The van der Waals surface area contributed by atoms with Crippen LogP contribution in [0.3, 0.4) is 0 Å². The molecule has 2 aromatic carbocycles. The lowest BCUT2D eigenvalue weighted by atomic mass is 10.1. The molecule has 3 rings (SSSR count). The average Bonchev–Trinajstić information content (AvgIpc) is 2.59. The van der Waals surface area contributed by atoms with Crippen LogP contribution in [0.4, 0.5) is 0 Å². The lowest BCUT2D eigenvalue weighted by Crippen LogP contribution is -2.23. The number of hydrogen-bond acceptors (Lipinski definition) is 3. The number of rotatable bonds is 4. The van der Waals surface area contributed by atoms with Gasteiger partial charge in [-0.3, -0.25) is 9.78 Å². The molecule has 1 heterocycles. The number of aromatic carboxylic acids is 1. The van der Waals surface area contributed by atoms with Crippen molar-refractivity contribution in [3.05, 3.63) is 77.6 Å². The van der Waals surface area contributed by atoms with E-state index in [9.17, 15) is 9.59 Å². The molecule has 1 aromatic heterocycles. The number of benzene rings is 2. The topological polar surface area (TPSA) is 79.3 Å². The molecule has 0 unspecified atom stereocenters. The molecule has 0 saturated carbocycles. The van der Waals surface area contributed by atoms with Gasteiger partial charge in [0.1, 0.15) is 0 Å². The van der Waals surface area contributed by atoms with Gasteiger partial charge in [0.05, 0.1) is 11.1 Å². The molecular weight excluding hydrogens is 292 g/mol. The molecule has 0 bridgehead atoms. The molecule has 0 aliphatic carbocycles. The van der Waals surface area contributed by atoms with Crippen molar-refractivity contribution in [3.8, 4) is 0 Å². The number of pyridine rings is 1. The third-order valence-electron chi connectivity index (χ3n) is 3.57. The first-order valence-corrected chi connectivity index (χ1v) is 7.08. The van der Waals surface area contributed by atoms with E-state index in [0.717, 1.165) is 16.3 Å². The largest absolute Gasteiger partial charge is 0.478 e. The van der Waals surface area contributed by atoms with Gasteiger partial charge in [-0.2, -0.15) is 0 Å². The molecule has 3 aromatic rings. The molecular formula is C18H14N2O3. The second-order valence-corrected chi connectivity index (χ2v) is 5.09. The van der Waals surface area contributed by atoms with Crippen molar-refractivity contribution in [2.45, 2.75) is 6.54 Å². The highest BCUT2D eigenvalue weighted by Gasteiger charge is 2.10. The van der Waals surface area contributed by atoms with Crippen LogP contribution in [0.25, 0.3) is 10.8 Å². The van der Waals surface area contributed by atoms with Crippen molar-refractivity contribution >= 4 is 22.6 Å². The van der Waals surface area contributed by atoms with Crippen LogP contribution in [-0.4, -0.2) is 22.0 Å². The summed E-state index contributed by atoms with van der Waals surface area (Å²) < 4.78 is 0. The minimum atomic E-state index is -0.970. The molecule has 23 heavy (non-hydrogen) atoms. The van der Waals surface area contributed by atoms with Crippen molar-refractivity contribution in [2.24, 2.45) is 0 Å². The SMILES string of the molecule is O=C(O)c1ccc(CNC(=O)c2cncc3ccccc23)cc1. The standard InChI is InChI=1S/C18H14N2O3/c21-17(16-11-19-10-14-3-1-2-4-15(14)16)20-9-12-5-7-13(8-6-12)18(22)23/h1-8,10-11H,9H2,(H,20,21)(H,22,23). The number of nitrogens with one attached hydrogen (secondary N) is 1. The van der Waals surface area contributed by atoms with E-state index >= 15 is 0 Å². The number of carboxylic acids is 1. The predicted octanol–water partition coefficient (Wildman–Crippen LogP) is 2.86. The van der Waals surface area contributed by atoms with Crippen LogP contribution < -0.4 is 5.32 Å². The van der Waals surface area contributed by atoms with E-state index < -0.39 is 5.97 Å². The summed E-state index contributed by atoms with van der Waals surface area (Å²) in [5, 5.41) is 13.5. The molecule has 0 radical (unpaired) electrons. The van der Waals surface area contributed by atoms with Crippen LogP contribution in [0, 0.1) is 0 Å². The minimum absolute atomic E-state index is 0.211. The summed E-state index contributed by atoms with van der Waals surface area (Å²) in [6, 6.07) is 14.0. The maximum atomic E-state index is 12.4.